The summed E-state index contributed by atoms with van der Waals surface area (Å²) in [7, 11) is 2.15. The number of carboxylic acids is 1. The first-order chi connectivity index (χ1) is 9.18. The molecular formula is C15H21NO2S. The molecule has 0 bridgehead atoms. The van der Waals surface area contributed by atoms with Crippen molar-refractivity contribution in [3.8, 4) is 0 Å². The molecule has 0 saturated carbocycles. The molecule has 3 nitrogen and oxygen atoms in total. The predicted molar refractivity (Wildman–Crippen MR) is 80.1 cm³/mol. The van der Waals surface area contributed by atoms with E-state index >= 15 is 0 Å². The molecule has 1 aliphatic heterocycles. The van der Waals surface area contributed by atoms with Crippen LogP contribution in [0.25, 0.3) is 0 Å². The molecule has 4 heteroatoms. The maximum Gasteiger partial charge on any atom is 0.335 e. The van der Waals surface area contributed by atoms with E-state index in [1.807, 2.05) is 23.9 Å². The zero-order valence-corrected chi connectivity index (χ0v) is 12.2. The summed E-state index contributed by atoms with van der Waals surface area (Å²) in [4.78, 5) is 13.5. The first-order valence-corrected chi connectivity index (χ1v) is 7.93. The lowest BCUT2D eigenvalue weighted by Crippen LogP contribution is -2.37. The summed E-state index contributed by atoms with van der Waals surface area (Å²) in [6, 6.07) is 7.96. The van der Waals surface area contributed by atoms with Gasteiger partial charge < -0.3 is 10.0 Å². The minimum absolute atomic E-state index is 0.439. The molecule has 1 N–H and O–H groups in total. The van der Waals surface area contributed by atoms with Gasteiger partial charge in [0.15, 0.2) is 0 Å². The second-order valence-electron chi connectivity index (χ2n) is 5.06. The molecule has 1 aromatic carbocycles. The van der Waals surface area contributed by atoms with E-state index in [0.29, 0.717) is 11.6 Å². The van der Waals surface area contributed by atoms with Gasteiger partial charge in [-0.3, -0.25) is 0 Å². The van der Waals surface area contributed by atoms with Crippen molar-refractivity contribution >= 4 is 17.7 Å². The van der Waals surface area contributed by atoms with Crippen molar-refractivity contribution in [1.29, 1.82) is 0 Å². The van der Waals surface area contributed by atoms with Gasteiger partial charge in [0.05, 0.1) is 5.56 Å². The van der Waals surface area contributed by atoms with Gasteiger partial charge >= 0.3 is 5.97 Å². The molecule has 1 aliphatic rings. The zero-order valence-electron chi connectivity index (χ0n) is 11.3. The Bertz CT molecular complexity index is 430. The molecule has 0 aromatic heterocycles. The maximum absolute atomic E-state index is 11.2. The van der Waals surface area contributed by atoms with E-state index in [9.17, 15) is 4.79 Å². The molecule has 1 heterocycles. The molecule has 1 aromatic rings. The van der Waals surface area contributed by atoms with Crippen LogP contribution in [0.2, 0.25) is 0 Å². The monoisotopic (exact) mass is 279 g/mol. The van der Waals surface area contributed by atoms with Gasteiger partial charge in [-0.1, -0.05) is 18.2 Å². The first kappa shape index (κ1) is 14.4. The van der Waals surface area contributed by atoms with Gasteiger partial charge in [0.25, 0.3) is 0 Å². The molecule has 1 unspecified atom stereocenters. The Kier molecular flexibility index (Phi) is 5.28. The molecule has 104 valence electrons. The largest absolute Gasteiger partial charge is 0.478 e. The third-order valence-electron chi connectivity index (χ3n) is 3.74. The Morgan fingerprint density at radius 2 is 2.26 bits per heavy atom. The van der Waals surface area contributed by atoms with Crippen LogP contribution >= 0.6 is 11.8 Å². The van der Waals surface area contributed by atoms with Crippen molar-refractivity contribution in [3.05, 3.63) is 35.4 Å². The Hall–Kier alpha value is -1.00. The van der Waals surface area contributed by atoms with Gasteiger partial charge in [-0.05, 0) is 43.7 Å². The zero-order chi connectivity index (χ0) is 13.7. The number of hydrogen-bond donors (Lipinski definition) is 1. The van der Waals surface area contributed by atoms with Crippen LogP contribution in [0.5, 0.6) is 0 Å². The summed E-state index contributed by atoms with van der Waals surface area (Å²) >= 11 is 2.03. The van der Waals surface area contributed by atoms with Gasteiger partial charge in [0.1, 0.15) is 0 Å². The van der Waals surface area contributed by atoms with Gasteiger partial charge in [-0.15, -0.1) is 0 Å². The average Bonchev–Trinajstić information content (AvgIpc) is 2.46. The molecule has 1 atom stereocenters. The maximum atomic E-state index is 11.2. The number of carbonyl (C=O) groups is 1. The van der Waals surface area contributed by atoms with Crippen LogP contribution in [0.3, 0.4) is 0 Å². The highest BCUT2D eigenvalue weighted by Gasteiger charge is 2.18. The Balaban J connectivity index is 1.92. The number of nitrogens with zero attached hydrogens (tertiary/aromatic N) is 1. The molecule has 0 amide bonds. The molecule has 2 rings (SSSR count). The Labute approximate surface area is 119 Å². The van der Waals surface area contributed by atoms with Crippen LogP contribution < -0.4 is 0 Å². The van der Waals surface area contributed by atoms with E-state index in [-0.39, 0.29) is 0 Å². The van der Waals surface area contributed by atoms with Crippen molar-refractivity contribution < 1.29 is 9.90 Å². The van der Waals surface area contributed by atoms with Crippen molar-refractivity contribution in [2.75, 3.05) is 25.1 Å². The minimum atomic E-state index is -0.827. The highest BCUT2D eigenvalue weighted by Crippen LogP contribution is 2.21. The Morgan fingerprint density at radius 3 is 2.95 bits per heavy atom. The molecule has 0 radical (unpaired) electrons. The lowest BCUT2D eigenvalue weighted by molar-refractivity contribution is 0.0695. The van der Waals surface area contributed by atoms with Crippen LogP contribution in [0, 0.1) is 0 Å². The van der Waals surface area contributed by atoms with Crippen molar-refractivity contribution in [1.82, 2.24) is 4.90 Å². The summed E-state index contributed by atoms with van der Waals surface area (Å²) in [6.07, 6.45) is 3.37. The van der Waals surface area contributed by atoms with Crippen LogP contribution in [0.15, 0.2) is 24.3 Å². The van der Waals surface area contributed by atoms with Crippen LogP contribution in [0.4, 0.5) is 0 Å². The van der Waals surface area contributed by atoms with E-state index in [4.69, 9.17) is 5.11 Å². The van der Waals surface area contributed by atoms with E-state index in [2.05, 4.69) is 11.9 Å². The smallest absolute Gasteiger partial charge is 0.335 e. The van der Waals surface area contributed by atoms with E-state index in [1.54, 1.807) is 12.1 Å². The number of thioether (sulfide) groups is 1. The lowest BCUT2D eigenvalue weighted by Gasteiger charge is -2.30. The molecule has 0 spiro atoms. The summed E-state index contributed by atoms with van der Waals surface area (Å²) in [5, 5.41) is 9.16. The number of aromatic carboxylic acids is 1. The highest BCUT2D eigenvalue weighted by molar-refractivity contribution is 7.99. The number of likely N-dealkylation sites (N-methyl/N-ethyl adjacent to an activating group) is 1. The summed E-state index contributed by atoms with van der Waals surface area (Å²) in [5.41, 5.74) is 1.37. The summed E-state index contributed by atoms with van der Waals surface area (Å²) in [6.45, 7) is 0.926. The topological polar surface area (TPSA) is 40.5 Å². The predicted octanol–water partition coefficient (Wildman–Crippen LogP) is 2.75. The van der Waals surface area contributed by atoms with Crippen molar-refractivity contribution in [2.24, 2.45) is 0 Å². The molecule has 1 fully saturated rings. The lowest BCUT2D eigenvalue weighted by atomic mass is 10.0. The van der Waals surface area contributed by atoms with Gasteiger partial charge in [-0.2, -0.15) is 11.8 Å². The van der Waals surface area contributed by atoms with Crippen molar-refractivity contribution in [3.63, 3.8) is 0 Å². The van der Waals surface area contributed by atoms with Crippen molar-refractivity contribution in [2.45, 2.75) is 25.3 Å². The Morgan fingerprint density at radius 1 is 1.47 bits per heavy atom. The fourth-order valence-electron chi connectivity index (χ4n) is 2.50. The van der Waals surface area contributed by atoms with Gasteiger partial charge in [-0.25, -0.2) is 4.79 Å². The number of benzene rings is 1. The molecular weight excluding hydrogens is 258 g/mol. The first-order valence-electron chi connectivity index (χ1n) is 6.77. The van der Waals surface area contributed by atoms with E-state index in [1.165, 1.54) is 24.3 Å². The fraction of sp³-hybridized carbons (Fsp3) is 0.533. The molecule has 19 heavy (non-hydrogen) atoms. The SMILES string of the molecule is CN(CCc1ccccc1C(=O)O)C1CCCSC1. The average molecular weight is 279 g/mol. The van der Waals surface area contributed by atoms with Gasteiger partial charge in [0, 0.05) is 18.3 Å². The third-order valence-corrected chi connectivity index (χ3v) is 4.94. The molecule has 1 saturated heterocycles. The van der Waals surface area contributed by atoms with Crippen LogP contribution in [-0.4, -0.2) is 47.1 Å². The number of carboxylic acid groups (broad SMARTS) is 1. The molecule has 0 aliphatic carbocycles. The number of hydrogen-bond acceptors (Lipinski definition) is 3. The normalized spacial score (nSPS) is 19.6. The van der Waals surface area contributed by atoms with E-state index in [0.717, 1.165) is 18.5 Å². The van der Waals surface area contributed by atoms with Gasteiger partial charge in [0.2, 0.25) is 0 Å². The standard InChI is InChI=1S/C15H21NO2S/c1-16(13-6-4-10-19-11-13)9-8-12-5-2-3-7-14(12)15(17)18/h2-3,5,7,13H,4,6,8-11H2,1H3,(H,17,18). The van der Waals surface area contributed by atoms with Crippen LogP contribution in [0.1, 0.15) is 28.8 Å². The fourth-order valence-corrected chi connectivity index (χ4v) is 3.73. The highest BCUT2D eigenvalue weighted by atomic mass is 32.2. The van der Waals surface area contributed by atoms with Crippen LogP contribution in [-0.2, 0) is 6.42 Å². The third kappa shape index (κ3) is 3.98. The second-order valence-corrected chi connectivity index (χ2v) is 6.21. The van der Waals surface area contributed by atoms with E-state index < -0.39 is 5.97 Å². The summed E-state index contributed by atoms with van der Waals surface area (Å²) < 4.78 is 0. The minimum Gasteiger partial charge on any atom is -0.478 e. The second kappa shape index (κ2) is 6.96. The number of rotatable bonds is 5. The quantitative estimate of drug-likeness (QED) is 0.900. The summed E-state index contributed by atoms with van der Waals surface area (Å²) in [5.74, 6) is 1.66.